The third-order valence-electron chi connectivity index (χ3n) is 5.09. The van der Waals surface area contributed by atoms with Crippen LogP contribution in [0.3, 0.4) is 0 Å². The Morgan fingerprint density at radius 3 is 3.00 bits per heavy atom. The van der Waals surface area contributed by atoms with Crippen molar-refractivity contribution in [2.24, 2.45) is 5.92 Å². The Hall–Kier alpha value is -1.81. The zero-order chi connectivity index (χ0) is 16.4. The second-order valence-corrected chi connectivity index (χ2v) is 7.27. The molecule has 24 heavy (non-hydrogen) atoms. The normalized spacial score (nSPS) is 20.0. The Bertz CT molecular complexity index is 690. The number of fused-ring (bicyclic) bond motifs is 1. The number of benzene rings is 1. The van der Waals surface area contributed by atoms with E-state index in [1.807, 2.05) is 0 Å². The minimum absolute atomic E-state index is 0.520. The third-order valence-corrected chi connectivity index (χ3v) is 5.09. The van der Waals surface area contributed by atoms with Gasteiger partial charge in [0.15, 0.2) is 0 Å². The van der Waals surface area contributed by atoms with E-state index in [9.17, 15) is 0 Å². The van der Waals surface area contributed by atoms with E-state index in [0.717, 1.165) is 43.6 Å². The number of nitrogens with zero attached hydrogens (tertiary/aromatic N) is 2. The van der Waals surface area contributed by atoms with E-state index in [4.69, 9.17) is 9.72 Å². The quantitative estimate of drug-likeness (QED) is 0.844. The maximum atomic E-state index is 6.01. The van der Waals surface area contributed by atoms with Gasteiger partial charge in [0.1, 0.15) is 11.6 Å². The average molecular weight is 325 g/mol. The molecule has 1 fully saturated rings. The van der Waals surface area contributed by atoms with Crippen molar-refractivity contribution in [3.63, 3.8) is 0 Å². The molecule has 0 bridgehead atoms. The van der Waals surface area contributed by atoms with E-state index in [1.165, 1.54) is 37.1 Å². The molecule has 0 spiro atoms. The van der Waals surface area contributed by atoms with Gasteiger partial charge < -0.3 is 14.6 Å². The van der Waals surface area contributed by atoms with Crippen LogP contribution in [0.5, 0.6) is 5.75 Å². The van der Waals surface area contributed by atoms with Crippen molar-refractivity contribution in [3.05, 3.63) is 47.5 Å². The Kier molecular flexibility index (Phi) is 4.56. The van der Waals surface area contributed by atoms with Crippen LogP contribution in [0.25, 0.3) is 0 Å². The van der Waals surface area contributed by atoms with Gasteiger partial charge in [0.2, 0.25) is 0 Å². The van der Waals surface area contributed by atoms with Crippen molar-refractivity contribution >= 4 is 0 Å². The number of hydrogen-bond donors (Lipinski definition) is 1. The fraction of sp³-hybridized carbons (Fsp3) is 0.550. The van der Waals surface area contributed by atoms with Crippen LogP contribution in [0.4, 0.5) is 0 Å². The Morgan fingerprint density at radius 1 is 1.25 bits per heavy atom. The van der Waals surface area contributed by atoms with E-state index in [2.05, 4.69) is 47.3 Å². The molecule has 2 heterocycles. The molecule has 1 aromatic heterocycles. The van der Waals surface area contributed by atoms with Crippen molar-refractivity contribution in [2.45, 2.75) is 51.6 Å². The van der Waals surface area contributed by atoms with Crippen LogP contribution in [-0.2, 0) is 13.1 Å². The van der Waals surface area contributed by atoms with Gasteiger partial charge in [-0.1, -0.05) is 18.2 Å². The predicted octanol–water partition coefficient (Wildman–Crippen LogP) is 3.65. The van der Waals surface area contributed by atoms with Crippen LogP contribution in [0, 0.1) is 12.8 Å². The molecule has 0 radical (unpaired) electrons. The van der Waals surface area contributed by atoms with Gasteiger partial charge in [-0.15, -0.1) is 0 Å². The smallest absolute Gasteiger partial charge is 0.123 e. The summed E-state index contributed by atoms with van der Waals surface area (Å²) in [5.74, 6) is 3.60. The van der Waals surface area contributed by atoms with Crippen LogP contribution in [0.1, 0.15) is 48.7 Å². The maximum absolute atomic E-state index is 6.01. The molecule has 0 amide bonds. The first kappa shape index (κ1) is 15.7. The molecule has 1 aliphatic carbocycles. The zero-order valence-corrected chi connectivity index (χ0v) is 14.5. The molecule has 1 aliphatic heterocycles. The number of rotatable bonds is 7. The van der Waals surface area contributed by atoms with Crippen molar-refractivity contribution in [1.29, 1.82) is 0 Å². The topological polar surface area (TPSA) is 39.1 Å². The summed E-state index contributed by atoms with van der Waals surface area (Å²) in [4.78, 5) is 4.73. The van der Waals surface area contributed by atoms with Gasteiger partial charge in [-0.05, 0) is 44.6 Å². The minimum Gasteiger partial charge on any atom is -0.493 e. The summed E-state index contributed by atoms with van der Waals surface area (Å²) in [6, 6.07) is 8.42. The van der Waals surface area contributed by atoms with E-state index < -0.39 is 0 Å². The van der Waals surface area contributed by atoms with Crippen molar-refractivity contribution in [2.75, 3.05) is 13.2 Å². The lowest BCUT2D eigenvalue weighted by molar-refractivity contribution is 0.296. The third kappa shape index (κ3) is 3.64. The van der Waals surface area contributed by atoms with Crippen molar-refractivity contribution in [1.82, 2.24) is 14.9 Å². The van der Waals surface area contributed by atoms with E-state index in [-0.39, 0.29) is 0 Å². The van der Waals surface area contributed by atoms with Crippen LogP contribution in [0.2, 0.25) is 0 Å². The lowest BCUT2D eigenvalue weighted by Gasteiger charge is -2.24. The molecule has 0 saturated heterocycles. The highest BCUT2D eigenvalue weighted by atomic mass is 16.5. The van der Waals surface area contributed by atoms with Gasteiger partial charge in [-0.2, -0.15) is 0 Å². The molecule has 1 atom stereocenters. The summed E-state index contributed by atoms with van der Waals surface area (Å²) in [5, 5.41) is 3.63. The number of nitrogens with one attached hydrogen (secondary N) is 1. The lowest BCUT2D eigenvalue weighted by atomic mass is 9.99. The summed E-state index contributed by atoms with van der Waals surface area (Å²) in [6.45, 7) is 5.91. The number of ether oxygens (including phenoxy) is 1. The highest BCUT2D eigenvalue weighted by Gasteiger charge is 2.23. The number of para-hydroxylation sites is 1. The second-order valence-electron chi connectivity index (χ2n) is 7.27. The molecule has 1 N–H and O–H groups in total. The summed E-state index contributed by atoms with van der Waals surface area (Å²) in [5.41, 5.74) is 2.39. The summed E-state index contributed by atoms with van der Waals surface area (Å²) in [7, 11) is 0. The Balaban J connectivity index is 1.34. The molecule has 4 heteroatoms. The molecule has 128 valence electrons. The van der Waals surface area contributed by atoms with Gasteiger partial charge in [-0.3, -0.25) is 0 Å². The number of aryl methyl sites for hydroxylation is 2. The van der Waals surface area contributed by atoms with E-state index >= 15 is 0 Å². The molecule has 0 unspecified atom stereocenters. The van der Waals surface area contributed by atoms with Gasteiger partial charge >= 0.3 is 0 Å². The molecule has 4 nitrogen and oxygen atoms in total. The van der Waals surface area contributed by atoms with E-state index in [0.29, 0.717) is 5.92 Å². The second kappa shape index (κ2) is 6.98. The van der Waals surface area contributed by atoms with Crippen molar-refractivity contribution < 1.29 is 4.74 Å². The average Bonchev–Trinajstić information content (AvgIpc) is 3.33. The summed E-state index contributed by atoms with van der Waals surface area (Å²) < 4.78 is 8.34. The molecule has 2 aromatic rings. The first-order valence-corrected chi connectivity index (χ1v) is 9.24. The standard InChI is InChI=1S/C20H27N3O/c1-15-13-23-10-4-6-18(20(23)22-15)12-21-11-17-5-2-3-7-19(17)24-14-16-8-9-16/h2-3,5,7,13,16,18,21H,4,6,8-12,14H2,1H3/t18-/m1/s1. The maximum Gasteiger partial charge on any atom is 0.123 e. The largest absolute Gasteiger partial charge is 0.493 e. The fourth-order valence-corrected chi connectivity index (χ4v) is 3.56. The Morgan fingerprint density at radius 2 is 2.12 bits per heavy atom. The fourth-order valence-electron chi connectivity index (χ4n) is 3.56. The first-order chi connectivity index (χ1) is 11.8. The zero-order valence-electron chi connectivity index (χ0n) is 14.5. The van der Waals surface area contributed by atoms with Gasteiger partial charge in [0.05, 0.1) is 12.3 Å². The molecular weight excluding hydrogens is 298 g/mol. The predicted molar refractivity (Wildman–Crippen MR) is 95.3 cm³/mol. The number of aromatic nitrogens is 2. The molecule has 1 saturated carbocycles. The lowest BCUT2D eigenvalue weighted by Crippen LogP contribution is -2.26. The molecule has 4 rings (SSSR count). The SMILES string of the molecule is Cc1cn2c(n1)[C@@H](CNCc1ccccc1OCC1CC1)CCC2. The van der Waals surface area contributed by atoms with Gasteiger partial charge in [0, 0.05) is 37.3 Å². The van der Waals surface area contributed by atoms with Gasteiger partial charge in [0.25, 0.3) is 0 Å². The van der Waals surface area contributed by atoms with Crippen LogP contribution < -0.4 is 10.1 Å². The summed E-state index contributed by atoms with van der Waals surface area (Å²) >= 11 is 0. The Labute approximate surface area is 144 Å². The monoisotopic (exact) mass is 325 g/mol. The van der Waals surface area contributed by atoms with Crippen LogP contribution >= 0.6 is 0 Å². The number of hydrogen-bond acceptors (Lipinski definition) is 3. The van der Waals surface area contributed by atoms with Crippen molar-refractivity contribution in [3.8, 4) is 5.75 Å². The molecule has 1 aromatic carbocycles. The van der Waals surface area contributed by atoms with Gasteiger partial charge in [-0.25, -0.2) is 4.98 Å². The van der Waals surface area contributed by atoms with Crippen LogP contribution in [0.15, 0.2) is 30.5 Å². The molecule has 2 aliphatic rings. The van der Waals surface area contributed by atoms with Crippen LogP contribution in [-0.4, -0.2) is 22.7 Å². The first-order valence-electron chi connectivity index (χ1n) is 9.24. The number of imidazole rings is 1. The summed E-state index contributed by atoms with van der Waals surface area (Å²) in [6.07, 6.45) is 7.31. The minimum atomic E-state index is 0.520. The molecular formula is C20H27N3O. The highest BCUT2D eigenvalue weighted by molar-refractivity contribution is 5.33. The highest BCUT2D eigenvalue weighted by Crippen LogP contribution is 2.30. The van der Waals surface area contributed by atoms with E-state index in [1.54, 1.807) is 0 Å².